The molecule has 5 heteroatoms. The predicted octanol–water partition coefficient (Wildman–Crippen LogP) is 2.53. The Hall–Kier alpha value is -1.62. The average molecular weight is 281 g/mol. The molecule has 0 saturated heterocycles. The van der Waals surface area contributed by atoms with Crippen LogP contribution in [0.5, 0.6) is 0 Å². The normalized spacial score (nSPS) is 10.1. The van der Waals surface area contributed by atoms with E-state index in [9.17, 15) is 4.79 Å². The third kappa shape index (κ3) is 2.70. The van der Waals surface area contributed by atoms with Crippen molar-refractivity contribution in [1.29, 1.82) is 0 Å². The number of esters is 1. The summed E-state index contributed by atoms with van der Waals surface area (Å²) in [5.74, 6) is -0.392. The van der Waals surface area contributed by atoms with Crippen molar-refractivity contribution in [2.45, 2.75) is 6.61 Å². The van der Waals surface area contributed by atoms with Crippen LogP contribution in [-0.2, 0) is 11.3 Å². The Bertz CT molecular complexity index is 482. The first-order valence-electron chi connectivity index (χ1n) is 4.66. The number of nitrogens with zero attached hydrogens (tertiary/aromatic N) is 1. The van der Waals surface area contributed by atoms with Crippen LogP contribution in [0.1, 0.15) is 16.2 Å². The molecule has 0 aliphatic carbocycles. The van der Waals surface area contributed by atoms with Gasteiger partial charge in [-0.05, 0) is 34.1 Å². The molecule has 0 aromatic carbocycles. The second-order valence-electron chi connectivity index (χ2n) is 3.13. The number of rotatable bonds is 3. The second kappa shape index (κ2) is 4.94. The van der Waals surface area contributed by atoms with E-state index in [0.717, 1.165) is 10.2 Å². The second-order valence-corrected chi connectivity index (χ2v) is 4.04. The fourth-order valence-corrected chi connectivity index (χ4v) is 1.53. The number of aromatic amines is 1. The molecule has 4 nitrogen and oxygen atoms in total. The zero-order chi connectivity index (χ0) is 11.4. The van der Waals surface area contributed by atoms with E-state index in [1.807, 2.05) is 12.1 Å². The van der Waals surface area contributed by atoms with E-state index in [2.05, 4.69) is 25.9 Å². The minimum Gasteiger partial charge on any atom is -0.455 e. The fourth-order valence-electron chi connectivity index (χ4n) is 1.19. The van der Waals surface area contributed by atoms with E-state index >= 15 is 0 Å². The molecule has 2 rings (SSSR count). The van der Waals surface area contributed by atoms with E-state index in [1.54, 1.807) is 24.5 Å². The number of hydrogen-bond acceptors (Lipinski definition) is 3. The lowest BCUT2D eigenvalue weighted by Crippen LogP contribution is -2.06. The number of carbonyl (C=O) groups is 1. The summed E-state index contributed by atoms with van der Waals surface area (Å²) in [4.78, 5) is 18.4. The van der Waals surface area contributed by atoms with Gasteiger partial charge in [-0.3, -0.25) is 4.98 Å². The number of carbonyl (C=O) groups excluding carboxylic acids is 1. The zero-order valence-electron chi connectivity index (χ0n) is 8.31. The van der Waals surface area contributed by atoms with Crippen LogP contribution >= 0.6 is 15.9 Å². The lowest BCUT2D eigenvalue weighted by Gasteiger charge is -2.02. The van der Waals surface area contributed by atoms with E-state index in [1.165, 1.54) is 0 Å². The van der Waals surface area contributed by atoms with Gasteiger partial charge in [0.05, 0.1) is 5.69 Å². The number of pyridine rings is 1. The summed E-state index contributed by atoms with van der Waals surface area (Å²) in [6, 6.07) is 7.13. The fraction of sp³-hybridized carbons (Fsp3) is 0.0909. The van der Waals surface area contributed by atoms with Crippen LogP contribution in [0, 0.1) is 0 Å². The number of nitrogens with one attached hydrogen (secondary N) is 1. The van der Waals surface area contributed by atoms with Gasteiger partial charge in [-0.2, -0.15) is 0 Å². The van der Waals surface area contributed by atoms with Gasteiger partial charge >= 0.3 is 5.97 Å². The van der Waals surface area contributed by atoms with E-state index in [-0.39, 0.29) is 6.61 Å². The molecule has 2 aromatic rings. The number of hydrogen-bond donors (Lipinski definition) is 1. The molecule has 0 amide bonds. The molecule has 1 N–H and O–H groups in total. The predicted molar refractivity (Wildman–Crippen MR) is 61.8 cm³/mol. The maximum Gasteiger partial charge on any atom is 0.355 e. The van der Waals surface area contributed by atoms with Crippen LogP contribution < -0.4 is 0 Å². The van der Waals surface area contributed by atoms with Crippen molar-refractivity contribution in [3.8, 4) is 0 Å². The first-order valence-corrected chi connectivity index (χ1v) is 5.46. The van der Waals surface area contributed by atoms with Crippen LogP contribution in [0.25, 0.3) is 0 Å². The summed E-state index contributed by atoms with van der Waals surface area (Å²) in [7, 11) is 0. The SMILES string of the molecule is O=C(OCc1ccccn1)c1cc(Br)c[nH]1. The summed E-state index contributed by atoms with van der Waals surface area (Å²) in [5, 5.41) is 0. The van der Waals surface area contributed by atoms with Gasteiger partial charge in [0.15, 0.2) is 0 Å². The lowest BCUT2D eigenvalue weighted by molar-refractivity contribution is 0.0461. The van der Waals surface area contributed by atoms with Gasteiger partial charge in [0, 0.05) is 16.9 Å². The Morgan fingerprint density at radius 2 is 2.38 bits per heavy atom. The van der Waals surface area contributed by atoms with Crippen molar-refractivity contribution in [3.63, 3.8) is 0 Å². The van der Waals surface area contributed by atoms with E-state index in [0.29, 0.717) is 5.69 Å². The van der Waals surface area contributed by atoms with Crippen LogP contribution in [-0.4, -0.2) is 15.9 Å². The van der Waals surface area contributed by atoms with Gasteiger partial charge in [0.25, 0.3) is 0 Å². The first-order chi connectivity index (χ1) is 7.75. The van der Waals surface area contributed by atoms with Crippen LogP contribution in [0.15, 0.2) is 41.1 Å². The number of aromatic nitrogens is 2. The first kappa shape index (κ1) is 10.9. The third-order valence-corrected chi connectivity index (χ3v) is 2.40. The van der Waals surface area contributed by atoms with Crippen molar-refractivity contribution in [3.05, 3.63) is 52.5 Å². The number of H-pyrrole nitrogens is 1. The molecular weight excluding hydrogens is 272 g/mol. The molecule has 2 aromatic heterocycles. The molecule has 2 heterocycles. The molecular formula is C11H9BrN2O2. The van der Waals surface area contributed by atoms with Gasteiger partial charge in [-0.15, -0.1) is 0 Å². The highest BCUT2D eigenvalue weighted by Gasteiger charge is 2.09. The van der Waals surface area contributed by atoms with Crippen molar-refractivity contribution in [2.24, 2.45) is 0 Å². The maximum absolute atomic E-state index is 11.5. The van der Waals surface area contributed by atoms with Gasteiger partial charge in [-0.1, -0.05) is 6.07 Å². The van der Waals surface area contributed by atoms with Gasteiger partial charge < -0.3 is 9.72 Å². The molecule has 0 atom stereocenters. The smallest absolute Gasteiger partial charge is 0.355 e. The quantitative estimate of drug-likeness (QED) is 0.879. The summed E-state index contributed by atoms with van der Waals surface area (Å²) < 4.78 is 5.89. The Balaban J connectivity index is 1.94. The molecule has 0 spiro atoms. The third-order valence-electron chi connectivity index (χ3n) is 1.94. The number of halogens is 1. The maximum atomic E-state index is 11.5. The molecule has 0 fully saturated rings. The molecule has 0 aliphatic heterocycles. The highest BCUT2D eigenvalue weighted by atomic mass is 79.9. The van der Waals surface area contributed by atoms with E-state index in [4.69, 9.17) is 4.74 Å². The summed E-state index contributed by atoms with van der Waals surface area (Å²) in [5.41, 5.74) is 1.14. The largest absolute Gasteiger partial charge is 0.455 e. The monoisotopic (exact) mass is 280 g/mol. The molecule has 0 aliphatic rings. The molecule has 82 valence electrons. The van der Waals surface area contributed by atoms with Gasteiger partial charge in [0.2, 0.25) is 0 Å². The minimum absolute atomic E-state index is 0.177. The van der Waals surface area contributed by atoms with Crippen LogP contribution in [0.3, 0.4) is 0 Å². The standard InChI is InChI=1S/C11H9BrN2O2/c12-8-5-10(14-6-8)11(15)16-7-9-3-1-2-4-13-9/h1-6,14H,7H2. The topological polar surface area (TPSA) is 55.0 Å². The Kier molecular flexibility index (Phi) is 3.36. The molecule has 16 heavy (non-hydrogen) atoms. The van der Waals surface area contributed by atoms with E-state index < -0.39 is 5.97 Å². The molecule has 0 radical (unpaired) electrons. The average Bonchev–Trinajstić information content (AvgIpc) is 2.74. The minimum atomic E-state index is -0.392. The van der Waals surface area contributed by atoms with Crippen molar-refractivity contribution in [2.75, 3.05) is 0 Å². The molecule has 0 saturated carbocycles. The van der Waals surface area contributed by atoms with Crippen molar-refractivity contribution >= 4 is 21.9 Å². The highest BCUT2D eigenvalue weighted by molar-refractivity contribution is 9.10. The van der Waals surface area contributed by atoms with Gasteiger partial charge in [0.1, 0.15) is 12.3 Å². The molecule has 0 unspecified atom stereocenters. The summed E-state index contributed by atoms with van der Waals surface area (Å²) >= 11 is 3.25. The van der Waals surface area contributed by atoms with Crippen LogP contribution in [0.4, 0.5) is 0 Å². The summed E-state index contributed by atoms with van der Waals surface area (Å²) in [6.45, 7) is 0.177. The van der Waals surface area contributed by atoms with Crippen LogP contribution in [0.2, 0.25) is 0 Å². The van der Waals surface area contributed by atoms with Crippen molar-refractivity contribution < 1.29 is 9.53 Å². The highest BCUT2D eigenvalue weighted by Crippen LogP contribution is 2.11. The van der Waals surface area contributed by atoms with Crippen molar-refractivity contribution in [1.82, 2.24) is 9.97 Å². The summed E-state index contributed by atoms with van der Waals surface area (Å²) in [6.07, 6.45) is 3.34. The zero-order valence-corrected chi connectivity index (χ0v) is 9.90. The number of ether oxygens (including phenoxy) is 1. The lowest BCUT2D eigenvalue weighted by atomic mass is 10.4. The Morgan fingerprint density at radius 3 is 3.00 bits per heavy atom. The Morgan fingerprint density at radius 1 is 1.50 bits per heavy atom. The molecule has 0 bridgehead atoms. The Labute approximate surface area is 101 Å². The van der Waals surface area contributed by atoms with Gasteiger partial charge in [-0.25, -0.2) is 4.79 Å².